The third-order valence-electron chi connectivity index (χ3n) is 2.34. The first kappa shape index (κ1) is 16.3. The first-order valence-electron chi connectivity index (χ1n) is 6.21. The van der Waals surface area contributed by atoms with Crippen molar-refractivity contribution in [2.75, 3.05) is 6.54 Å². The number of ether oxygens (including phenoxy) is 1. The minimum Gasteiger partial charge on any atom is -0.444 e. The first-order valence-corrected chi connectivity index (χ1v) is 6.21. The summed E-state index contributed by atoms with van der Waals surface area (Å²) in [7, 11) is 0. The van der Waals surface area contributed by atoms with Gasteiger partial charge in [0.05, 0.1) is 5.56 Å². The molecule has 20 heavy (non-hydrogen) atoms. The van der Waals surface area contributed by atoms with Crippen LogP contribution in [0, 0.1) is 0 Å². The van der Waals surface area contributed by atoms with E-state index in [-0.39, 0.29) is 6.54 Å². The van der Waals surface area contributed by atoms with Gasteiger partial charge in [-0.2, -0.15) is 13.2 Å². The number of carbonyl (C=O) groups excluding carboxylic acids is 1. The fraction of sp³-hybridized carbons (Fsp3) is 0.500. The van der Waals surface area contributed by atoms with Crippen molar-refractivity contribution >= 4 is 6.09 Å². The summed E-state index contributed by atoms with van der Waals surface area (Å²) in [6.07, 6.45) is -4.62. The number of nitrogens with one attached hydrogen (secondary N) is 1. The molecule has 0 fully saturated rings. The van der Waals surface area contributed by atoms with E-state index in [0.29, 0.717) is 12.0 Å². The highest BCUT2D eigenvalue weighted by Crippen LogP contribution is 2.29. The van der Waals surface area contributed by atoms with Gasteiger partial charge in [0.25, 0.3) is 0 Å². The van der Waals surface area contributed by atoms with Gasteiger partial charge in [0.15, 0.2) is 0 Å². The molecular weight excluding hydrogens is 271 g/mol. The fourth-order valence-corrected chi connectivity index (χ4v) is 1.53. The van der Waals surface area contributed by atoms with Crippen LogP contribution >= 0.6 is 0 Å². The Morgan fingerprint density at radius 2 is 1.90 bits per heavy atom. The van der Waals surface area contributed by atoms with Crippen molar-refractivity contribution in [3.8, 4) is 0 Å². The Morgan fingerprint density at radius 3 is 2.45 bits per heavy atom. The highest BCUT2D eigenvalue weighted by molar-refractivity contribution is 5.67. The highest BCUT2D eigenvalue weighted by Gasteiger charge is 2.30. The molecule has 0 aromatic heterocycles. The standard InChI is InChI=1S/C14H18F3NO2/c1-13(2,3)20-12(19)18-8-7-10-5-4-6-11(9-10)14(15,16)17/h4-6,9H,7-8H2,1-3H3,(H,18,19). The van der Waals surface area contributed by atoms with Crippen LogP contribution < -0.4 is 5.32 Å². The van der Waals surface area contributed by atoms with Crippen LogP contribution in [0.5, 0.6) is 0 Å². The molecule has 3 nitrogen and oxygen atoms in total. The van der Waals surface area contributed by atoms with Crippen molar-refractivity contribution in [1.82, 2.24) is 5.32 Å². The molecule has 1 aromatic carbocycles. The number of rotatable bonds is 3. The van der Waals surface area contributed by atoms with Gasteiger partial charge in [-0.05, 0) is 38.8 Å². The molecule has 0 aliphatic rings. The molecule has 0 aliphatic heterocycles. The van der Waals surface area contributed by atoms with E-state index in [0.717, 1.165) is 12.1 Å². The van der Waals surface area contributed by atoms with Gasteiger partial charge in [-0.25, -0.2) is 4.79 Å². The molecule has 0 aliphatic carbocycles. The number of alkyl carbamates (subject to hydrolysis) is 1. The summed E-state index contributed by atoms with van der Waals surface area (Å²) in [4.78, 5) is 11.4. The Balaban J connectivity index is 2.49. The van der Waals surface area contributed by atoms with Crippen molar-refractivity contribution in [1.29, 1.82) is 0 Å². The van der Waals surface area contributed by atoms with E-state index in [1.807, 2.05) is 0 Å². The second-order valence-corrected chi connectivity index (χ2v) is 5.38. The zero-order valence-electron chi connectivity index (χ0n) is 11.7. The van der Waals surface area contributed by atoms with Crippen LogP contribution in [-0.4, -0.2) is 18.2 Å². The predicted octanol–water partition coefficient (Wildman–Crippen LogP) is 3.77. The summed E-state index contributed by atoms with van der Waals surface area (Å²) >= 11 is 0. The monoisotopic (exact) mass is 289 g/mol. The van der Waals surface area contributed by atoms with Gasteiger partial charge < -0.3 is 10.1 Å². The molecule has 0 heterocycles. The van der Waals surface area contributed by atoms with Crippen LogP contribution in [-0.2, 0) is 17.3 Å². The average molecular weight is 289 g/mol. The maximum absolute atomic E-state index is 12.5. The van der Waals surface area contributed by atoms with Crippen LogP contribution in [0.15, 0.2) is 24.3 Å². The minimum atomic E-state index is -4.35. The Bertz CT molecular complexity index is 464. The second-order valence-electron chi connectivity index (χ2n) is 5.38. The molecule has 112 valence electrons. The van der Waals surface area contributed by atoms with Crippen LogP contribution in [0.1, 0.15) is 31.9 Å². The summed E-state index contributed by atoms with van der Waals surface area (Å²) in [5.41, 5.74) is -0.775. The number of hydrogen-bond acceptors (Lipinski definition) is 2. The Kier molecular flexibility index (Phi) is 5.03. The fourth-order valence-electron chi connectivity index (χ4n) is 1.53. The lowest BCUT2D eigenvalue weighted by Gasteiger charge is -2.19. The third-order valence-corrected chi connectivity index (χ3v) is 2.34. The van der Waals surface area contributed by atoms with Crippen LogP contribution in [0.3, 0.4) is 0 Å². The van der Waals surface area contributed by atoms with E-state index >= 15 is 0 Å². The summed E-state index contributed by atoms with van der Waals surface area (Å²) in [5.74, 6) is 0. The van der Waals surface area contributed by atoms with E-state index in [1.165, 1.54) is 6.07 Å². The van der Waals surface area contributed by atoms with Crippen molar-refractivity contribution in [3.63, 3.8) is 0 Å². The highest BCUT2D eigenvalue weighted by atomic mass is 19.4. The Labute approximate surface area is 116 Å². The quantitative estimate of drug-likeness (QED) is 0.919. The summed E-state index contributed by atoms with van der Waals surface area (Å²) in [6, 6.07) is 5.04. The van der Waals surface area contributed by atoms with Gasteiger partial charge in [-0.3, -0.25) is 0 Å². The van der Waals surface area contributed by atoms with E-state index < -0.39 is 23.4 Å². The molecule has 1 amide bonds. The molecular formula is C14H18F3NO2. The lowest BCUT2D eigenvalue weighted by Crippen LogP contribution is -2.33. The van der Waals surface area contributed by atoms with Gasteiger partial charge >= 0.3 is 12.3 Å². The molecule has 0 unspecified atom stereocenters. The number of halogens is 3. The van der Waals surface area contributed by atoms with Crippen molar-refractivity contribution in [2.24, 2.45) is 0 Å². The van der Waals surface area contributed by atoms with Gasteiger partial charge in [0.2, 0.25) is 0 Å². The van der Waals surface area contributed by atoms with Gasteiger partial charge in [0.1, 0.15) is 5.60 Å². The average Bonchev–Trinajstić information content (AvgIpc) is 2.25. The number of amides is 1. The smallest absolute Gasteiger partial charge is 0.416 e. The van der Waals surface area contributed by atoms with Gasteiger partial charge in [-0.15, -0.1) is 0 Å². The number of alkyl halides is 3. The third kappa shape index (κ3) is 5.95. The van der Waals surface area contributed by atoms with E-state index in [4.69, 9.17) is 4.74 Å². The van der Waals surface area contributed by atoms with Gasteiger partial charge in [0, 0.05) is 6.54 Å². The molecule has 0 spiro atoms. The number of hydrogen-bond donors (Lipinski definition) is 1. The van der Waals surface area contributed by atoms with Crippen LogP contribution in [0.4, 0.5) is 18.0 Å². The lowest BCUT2D eigenvalue weighted by molar-refractivity contribution is -0.137. The normalized spacial score (nSPS) is 12.1. The van der Waals surface area contributed by atoms with E-state index in [2.05, 4.69) is 5.32 Å². The molecule has 1 aromatic rings. The predicted molar refractivity (Wildman–Crippen MR) is 69.4 cm³/mol. The van der Waals surface area contributed by atoms with E-state index in [1.54, 1.807) is 26.8 Å². The van der Waals surface area contributed by atoms with Crippen molar-refractivity contribution in [3.05, 3.63) is 35.4 Å². The molecule has 0 saturated heterocycles. The summed E-state index contributed by atoms with van der Waals surface area (Å²) < 4.78 is 42.6. The number of benzene rings is 1. The first-order chi connectivity index (χ1) is 9.08. The Morgan fingerprint density at radius 1 is 1.25 bits per heavy atom. The topological polar surface area (TPSA) is 38.3 Å². The maximum Gasteiger partial charge on any atom is 0.416 e. The summed E-state index contributed by atoms with van der Waals surface area (Å²) in [5, 5.41) is 2.50. The molecule has 0 atom stereocenters. The van der Waals surface area contributed by atoms with Crippen molar-refractivity contribution in [2.45, 2.75) is 39.0 Å². The largest absolute Gasteiger partial charge is 0.444 e. The molecule has 0 radical (unpaired) electrons. The zero-order chi connectivity index (χ0) is 15.4. The van der Waals surface area contributed by atoms with E-state index in [9.17, 15) is 18.0 Å². The maximum atomic E-state index is 12.5. The van der Waals surface area contributed by atoms with Crippen LogP contribution in [0.2, 0.25) is 0 Å². The molecule has 0 bridgehead atoms. The van der Waals surface area contributed by atoms with Crippen LogP contribution in [0.25, 0.3) is 0 Å². The molecule has 6 heteroatoms. The lowest BCUT2D eigenvalue weighted by atomic mass is 10.1. The second kappa shape index (κ2) is 6.15. The van der Waals surface area contributed by atoms with Crippen molar-refractivity contribution < 1.29 is 22.7 Å². The molecule has 1 N–H and O–H groups in total. The zero-order valence-corrected chi connectivity index (χ0v) is 11.7. The van der Waals surface area contributed by atoms with Gasteiger partial charge in [-0.1, -0.05) is 18.2 Å². The minimum absolute atomic E-state index is 0.218. The number of carbonyl (C=O) groups is 1. The summed E-state index contributed by atoms with van der Waals surface area (Å²) in [6.45, 7) is 5.42. The molecule has 0 saturated carbocycles. The Hall–Kier alpha value is -1.72. The molecule has 1 rings (SSSR count). The SMILES string of the molecule is CC(C)(C)OC(=O)NCCc1cccc(C(F)(F)F)c1.